The number of nitrogens with zero attached hydrogens (tertiary/aromatic N) is 2. The minimum Gasteiger partial charge on any atom is -0.493 e. The maximum atomic E-state index is 12.0. The number of carbonyl (C=O) groups excluding carboxylic acids is 1. The van der Waals surface area contributed by atoms with E-state index in [1.807, 2.05) is 31.2 Å². The number of halogens is 2. The largest absolute Gasteiger partial charge is 0.493 e. The molecule has 0 aliphatic rings. The fourth-order valence-corrected chi connectivity index (χ4v) is 2.69. The van der Waals surface area contributed by atoms with Crippen molar-refractivity contribution < 1.29 is 18.8 Å². The van der Waals surface area contributed by atoms with Crippen molar-refractivity contribution >= 4 is 29.2 Å². The molecule has 3 rings (SSSR count). The molecule has 1 aromatic heterocycles. The van der Waals surface area contributed by atoms with E-state index in [9.17, 15) is 4.79 Å². The molecule has 8 heteroatoms. The van der Waals surface area contributed by atoms with Gasteiger partial charge < -0.3 is 14.0 Å². The highest BCUT2D eigenvalue weighted by Crippen LogP contribution is 2.27. The third-order valence-electron chi connectivity index (χ3n) is 3.58. The molecule has 0 unspecified atom stereocenters. The fourth-order valence-electron chi connectivity index (χ4n) is 2.37. The van der Waals surface area contributed by atoms with Crippen molar-refractivity contribution in [1.29, 1.82) is 0 Å². The summed E-state index contributed by atoms with van der Waals surface area (Å²) in [6.45, 7) is 2.30. The quantitative estimate of drug-likeness (QED) is 0.528. The van der Waals surface area contributed by atoms with Crippen molar-refractivity contribution in [2.45, 2.75) is 20.0 Å². The number of ether oxygens (including phenoxy) is 2. The normalized spacial score (nSPS) is 10.6. The Labute approximate surface area is 166 Å². The number of rotatable bonds is 7. The summed E-state index contributed by atoms with van der Waals surface area (Å²) in [6.07, 6.45) is 0.0606. The van der Waals surface area contributed by atoms with Crippen molar-refractivity contribution in [1.82, 2.24) is 10.1 Å². The smallest absolute Gasteiger partial charge is 0.310 e. The molecule has 0 amide bonds. The Morgan fingerprint density at radius 3 is 2.74 bits per heavy atom. The lowest BCUT2D eigenvalue weighted by molar-refractivity contribution is -0.144. The molecule has 2 aromatic carbocycles. The van der Waals surface area contributed by atoms with Crippen molar-refractivity contribution in [2.75, 3.05) is 6.61 Å². The Morgan fingerprint density at radius 1 is 1.15 bits per heavy atom. The summed E-state index contributed by atoms with van der Waals surface area (Å²) in [5.41, 5.74) is 1.41. The second-order valence-corrected chi connectivity index (χ2v) is 6.34. The second kappa shape index (κ2) is 8.88. The molecule has 0 saturated carbocycles. The number of hydrogen-bond acceptors (Lipinski definition) is 6. The van der Waals surface area contributed by atoms with E-state index in [-0.39, 0.29) is 18.9 Å². The van der Waals surface area contributed by atoms with Crippen LogP contribution in [-0.2, 0) is 22.6 Å². The zero-order valence-electron chi connectivity index (χ0n) is 14.4. The number of benzene rings is 2. The number of hydrogen-bond donors (Lipinski definition) is 0. The fraction of sp³-hybridized carbons (Fsp3) is 0.211. The summed E-state index contributed by atoms with van der Waals surface area (Å²) < 4.78 is 15.9. The van der Waals surface area contributed by atoms with E-state index in [1.54, 1.807) is 18.2 Å². The molecular formula is C19H16Cl2N2O4. The van der Waals surface area contributed by atoms with Crippen LogP contribution < -0.4 is 4.74 Å². The first-order chi connectivity index (χ1) is 13.1. The predicted octanol–water partition coefficient (Wildman–Crippen LogP) is 4.73. The van der Waals surface area contributed by atoms with E-state index >= 15 is 0 Å². The summed E-state index contributed by atoms with van der Waals surface area (Å²) in [7, 11) is 0. The van der Waals surface area contributed by atoms with E-state index in [2.05, 4.69) is 10.1 Å². The van der Waals surface area contributed by atoms with Crippen LogP contribution in [0.3, 0.4) is 0 Å². The van der Waals surface area contributed by atoms with E-state index in [0.717, 1.165) is 0 Å². The summed E-state index contributed by atoms with van der Waals surface area (Å²) in [6, 6.07) is 12.3. The third-order valence-corrected chi connectivity index (χ3v) is 4.32. The summed E-state index contributed by atoms with van der Waals surface area (Å²) in [4.78, 5) is 16.2. The summed E-state index contributed by atoms with van der Waals surface area (Å²) >= 11 is 11.8. The van der Waals surface area contributed by atoms with Crippen LogP contribution in [0.25, 0.3) is 11.4 Å². The molecule has 6 nitrogen and oxygen atoms in total. The van der Waals surface area contributed by atoms with Crippen molar-refractivity contribution in [3.8, 4) is 17.1 Å². The van der Waals surface area contributed by atoms with E-state index in [0.29, 0.717) is 39.4 Å². The van der Waals surface area contributed by atoms with Crippen LogP contribution in [0.15, 0.2) is 47.0 Å². The molecule has 0 radical (unpaired) electrons. The second-order valence-electron chi connectivity index (χ2n) is 5.53. The lowest BCUT2D eigenvalue weighted by atomic mass is 10.1. The van der Waals surface area contributed by atoms with Crippen LogP contribution in [0.5, 0.6) is 5.75 Å². The van der Waals surface area contributed by atoms with Crippen LogP contribution in [0.2, 0.25) is 10.0 Å². The maximum Gasteiger partial charge on any atom is 0.310 e. The van der Waals surface area contributed by atoms with Gasteiger partial charge in [-0.05, 0) is 36.8 Å². The monoisotopic (exact) mass is 406 g/mol. The zero-order chi connectivity index (χ0) is 19.2. The first-order valence-corrected chi connectivity index (χ1v) is 8.96. The van der Waals surface area contributed by atoms with E-state index < -0.39 is 5.97 Å². The van der Waals surface area contributed by atoms with Gasteiger partial charge in [0.25, 0.3) is 5.89 Å². The van der Waals surface area contributed by atoms with Gasteiger partial charge in [-0.3, -0.25) is 4.79 Å². The molecule has 0 fully saturated rings. The van der Waals surface area contributed by atoms with Gasteiger partial charge in [-0.15, -0.1) is 0 Å². The van der Waals surface area contributed by atoms with Crippen LogP contribution in [-0.4, -0.2) is 22.7 Å². The molecule has 0 aliphatic carbocycles. The van der Waals surface area contributed by atoms with Crippen LogP contribution in [0, 0.1) is 0 Å². The Morgan fingerprint density at radius 2 is 1.96 bits per heavy atom. The van der Waals surface area contributed by atoms with Crippen LogP contribution in [0.4, 0.5) is 0 Å². The Bertz CT molecular complexity index is 943. The van der Waals surface area contributed by atoms with Gasteiger partial charge in [0.1, 0.15) is 5.75 Å². The molecule has 0 atom stereocenters. The average molecular weight is 407 g/mol. The van der Waals surface area contributed by atoms with Crippen molar-refractivity contribution in [3.63, 3.8) is 0 Å². The van der Waals surface area contributed by atoms with Gasteiger partial charge in [-0.1, -0.05) is 46.6 Å². The highest BCUT2D eigenvalue weighted by atomic mass is 35.5. The minimum absolute atomic E-state index is 0.0606. The lowest BCUT2D eigenvalue weighted by Gasteiger charge is -2.06. The van der Waals surface area contributed by atoms with Gasteiger partial charge >= 0.3 is 5.97 Å². The van der Waals surface area contributed by atoms with Gasteiger partial charge in [-0.2, -0.15) is 4.98 Å². The van der Waals surface area contributed by atoms with Gasteiger partial charge in [0.05, 0.1) is 28.6 Å². The Hall–Kier alpha value is -2.57. The van der Waals surface area contributed by atoms with Crippen LogP contribution >= 0.6 is 23.2 Å². The Kier molecular flexibility index (Phi) is 6.32. The molecule has 140 valence electrons. The molecule has 3 aromatic rings. The van der Waals surface area contributed by atoms with Gasteiger partial charge in [0.2, 0.25) is 5.82 Å². The highest BCUT2D eigenvalue weighted by molar-refractivity contribution is 6.42. The Balaban J connectivity index is 1.61. The zero-order valence-corrected chi connectivity index (χ0v) is 16.0. The van der Waals surface area contributed by atoms with Crippen molar-refractivity contribution in [3.05, 3.63) is 64.0 Å². The first kappa shape index (κ1) is 19.2. The van der Waals surface area contributed by atoms with Crippen molar-refractivity contribution in [2.24, 2.45) is 0 Å². The molecule has 0 spiro atoms. The lowest BCUT2D eigenvalue weighted by Crippen LogP contribution is -2.08. The number of esters is 1. The molecule has 0 bridgehead atoms. The first-order valence-electron chi connectivity index (χ1n) is 8.21. The number of aromatic nitrogens is 2. The topological polar surface area (TPSA) is 74.5 Å². The summed E-state index contributed by atoms with van der Waals surface area (Å²) in [5, 5.41) is 4.74. The third kappa shape index (κ3) is 4.99. The average Bonchev–Trinajstić information content (AvgIpc) is 3.13. The summed E-state index contributed by atoms with van der Waals surface area (Å²) in [5.74, 6) is 0.778. The molecule has 0 saturated heterocycles. The van der Waals surface area contributed by atoms with Gasteiger partial charge in [-0.25, -0.2) is 0 Å². The molecule has 1 heterocycles. The number of carbonyl (C=O) groups is 1. The molecule has 0 N–H and O–H groups in total. The van der Waals surface area contributed by atoms with Crippen LogP contribution in [0.1, 0.15) is 18.4 Å². The van der Waals surface area contributed by atoms with E-state index in [4.69, 9.17) is 37.2 Å². The molecule has 27 heavy (non-hydrogen) atoms. The highest BCUT2D eigenvalue weighted by Gasteiger charge is 2.15. The molecule has 0 aliphatic heterocycles. The predicted molar refractivity (Wildman–Crippen MR) is 101 cm³/mol. The van der Waals surface area contributed by atoms with E-state index in [1.165, 1.54) is 0 Å². The number of para-hydroxylation sites is 1. The van der Waals surface area contributed by atoms with Gasteiger partial charge in [0, 0.05) is 0 Å². The SMILES string of the molecule is CCOc1ccccc1-c1noc(COC(=O)Cc2ccc(Cl)c(Cl)c2)n1. The van der Waals surface area contributed by atoms with Gasteiger partial charge in [0.15, 0.2) is 6.61 Å². The maximum absolute atomic E-state index is 12.0. The molecular weight excluding hydrogens is 391 g/mol. The minimum atomic E-state index is -0.442. The standard InChI is InChI=1S/C19H16Cl2N2O4/c1-2-25-16-6-4-3-5-13(16)19-22-17(27-23-19)11-26-18(24)10-12-7-8-14(20)15(21)9-12/h3-9H,2,10-11H2,1H3.